The number of carbonyl (C=O) groups is 1. The van der Waals surface area contributed by atoms with Gasteiger partial charge in [0.2, 0.25) is 0 Å². The van der Waals surface area contributed by atoms with Crippen molar-refractivity contribution in [3.63, 3.8) is 0 Å². The second-order valence-corrected chi connectivity index (χ2v) is 7.43. The summed E-state index contributed by atoms with van der Waals surface area (Å²) < 4.78 is 15.2. The van der Waals surface area contributed by atoms with Crippen LogP contribution in [0.4, 0.5) is 4.39 Å². The molecule has 3 nitrogen and oxygen atoms in total. The van der Waals surface area contributed by atoms with Crippen LogP contribution in [0, 0.1) is 5.82 Å². The van der Waals surface area contributed by atoms with Crippen LogP contribution in [0.3, 0.4) is 0 Å². The van der Waals surface area contributed by atoms with Crippen LogP contribution in [-0.2, 0) is 12.8 Å². The van der Waals surface area contributed by atoms with Crippen molar-refractivity contribution in [3.8, 4) is 22.5 Å². The van der Waals surface area contributed by atoms with Gasteiger partial charge in [-0.3, -0.25) is 9.20 Å². The van der Waals surface area contributed by atoms with Gasteiger partial charge in [-0.2, -0.15) is 0 Å². The number of aryl methyl sites for hydroxylation is 2. The minimum atomic E-state index is -0.308. The van der Waals surface area contributed by atoms with E-state index in [1.54, 1.807) is 23.5 Å². The summed E-state index contributed by atoms with van der Waals surface area (Å²) in [6.07, 6.45) is 2.69. The maximum Gasteiger partial charge on any atom is 0.195 e. The number of imidazole rings is 1. The average Bonchev–Trinajstić information content (AvgIpc) is 3.24. The van der Waals surface area contributed by atoms with Crippen molar-refractivity contribution < 1.29 is 9.18 Å². The number of hydrogen-bond acceptors (Lipinski definition) is 3. The first kappa shape index (κ1) is 17.6. The second kappa shape index (κ2) is 7.08. The summed E-state index contributed by atoms with van der Waals surface area (Å²) in [7, 11) is 0. The van der Waals surface area contributed by atoms with Gasteiger partial charge < -0.3 is 0 Å². The molecule has 0 aliphatic heterocycles. The SMILES string of the molecule is CCc1ccc(-c2c(CC)sc3nc(-c4ccc(F)cc4)c(C=O)n23)cc1. The Hall–Kier alpha value is -2.79. The molecule has 2 aromatic heterocycles. The predicted molar refractivity (Wildman–Crippen MR) is 108 cm³/mol. The molecule has 2 aromatic carbocycles. The Balaban J connectivity index is 1.97. The maximum atomic E-state index is 13.3. The summed E-state index contributed by atoms with van der Waals surface area (Å²) >= 11 is 1.60. The number of benzene rings is 2. The molecule has 0 saturated carbocycles. The van der Waals surface area contributed by atoms with Gasteiger partial charge in [-0.1, -0.05) is 38.1 Å². The molecule has 2 heterocycles. The van der Waals surface area contributed by atoms with E-state index < -0.39 is 0 Å². The fourth-order valence-electron chi connectivity index (χ4n) is 3.34. The Bertz CT molecular complexity index is 1110. The Morgan fingerprint density at radius 1 is 1.00 bits per heavy atom. The van der Waals surface area contributed by atoms with Crippen molar-refractivity contribution in [2.75, 3.05) is 0 Å². The molecular formula is C22H19FN2OS. The highest BCUT2D eigenvalue weighted by atomic mass is 32.1. The molecule has 0 aliphatic rings. The van der Waals surface area contributed by atoms with Crippen molar-refractivity contribution in [2.45, 2.75) is 26.7 Å². The quantitative estimate of drug-likeness (QED) is 0.411. The van der Waals surface area contributed by atoms with E-state index in [9.17, 15) is 9.18 Å². The minimum Gasteiger partial charge on any atom is -0.296 e. The summed E-state index contributed by atoms with van der Waals surface area (Å²) in [4.78, 5) is 18.7. The smallest absolute Gasteiger partial charge is 0.195 e. The van der Waals surface area contributed by atoms with Crippen molar-refractivity contribution in [2.24, 2.45) is 0 Å². The number of fused-ring (bicyclic) bond motifs is 1. The molecule has 0 saturated heterocycles. The summed E-state index contributed by atoms with van der Waals surface area (Å²) in [5, 5.41) is 0. The molecule has 0 amide bonds. The van der Waals surface area contributed by atoms with Gasteiger partial charge in [-0.25, -0.2) is 9.37 Å². The lowest BCUT2D eigenvalue weighted by atomic mass is 10.1. The lowest BCUT2D eigenvalue weighted by Gasteiger charge is -2.07. The lowest BCUT2D eigenvalue weighted by molar-refractivity contribution is 0.111. The van der Waals surface area contributed by atoms with Crippen molar-refractivity contribution in [1.29, 1.82) is 0 Å². The zero-order chi connectivity index (χ0) is 19.0. The van der Waals surface area contributed by atoms with Crippen molar-refractivity contribution in [1.82, 2.24) is 9.38 Å². The number of aromatic nitrogens is 2. The Kier molecular flexibility index (Phi) is 4.62. The van der Waals surface area contributed by atoms with E-state index in [1.807, 2.05) is 4.40 Å². The summed E-state index contributed by atoms with van der Waals surface area (Å²) in [5.74, 6) is -0.308. The van der Waals surface area contributed by atoms with Gasteiger partial charge in [0.05, 0.1) is 5.69 Å². The van der Waals surface area contributed by atoms with E-state index >= 15 is 0 Å². The highest BCUT2D eigenvalue weighted by molar-refractivity contribution is 7.17. The summed E-state index contributed by atoms with van der Waals surface area (Å²) in [6.45, 7) is 4.24. The molecule has 0 atom stereocenters. The first-order valence-electron chi connectivity index (χ1n) is 9.00. The van der Waals surface area contributed by atoms with Gasteiger partial charge in [0.15, 0.2) is 11.2 Å². The topological polar surface area (TPSA) is 34.4 Å². The first-order chi connectivity index (χ1) is 13.2. The fraction of sp³-hybridized carbons (Fsp3) is 0.182. The Morgan fingerprint density at radius 2 is 1.67 bits per heavy atom. The largest absolute Gasteiger partial charge is 0.296 e. The molecule has 0 N–H and O–H groups in total. The van der Waals surface area contributed by atoms with Gasteiger partial charge >= 0.3 is 0 Å². The van der Waals surface area contributed by atoms with E-state index in [0.717, 1.165) is 40.9 Å². The third-order valence-corrected chi connectivity index (χ3v) is 5.96. The Labute approximate surface area is 161 Å². The molecule has 4 rings (SSSR count). The highest BCUT2D eigenvalue weighted by Gasteiger charge is 2.21. The van der Waals surface area contributed by atoms with Crippen LogP contribution in [0.15, 0.2) is 48.5 Å². The zero-order valence-corrected chi connectivity index (χ0v) is 16.0. The molecule has 136 valence electrons. The molecule has 5 heteroatoms. The number of halogens is 1. The third kappa shape index (κ3) is 2.98. The highest BCUT2D eigenvalue weighted by Crippen LogP contribution is 2.36. The molecule has 4 aromatic rings. The molecule has 0 spiro atoms. The molecule has 27 heavy (non-hydrogen) atoms. The summed E-state index contributed by atoms with van der Waals surface area (Å²) in [5.41, 5.74) is 5.19. The van der Waals surface area contributed by atoms with Gasteiger partial charge in [0.25, 0.3) is 0 Å². The van der Waals surface area contributed by atoms with Gasteiger partial charge in [-0.15, -0.1) is 11.3 Å². The van der Waals surface area contributed by atoms with Crippen LogP contribution >= 0.6 is 11.3 Å². The molecular weight excluding hydrogens is 359 g/mol. The number of aldehydes is 1. The van der Waals surface area contributed by atoms with E-state index in [-0.39, 0.29) is 5.82 Å². The Morgan fingerprint density at radius 3 is 2.26 bits per heavy atom. The molecule has 0 fully saturated rings. The number of nitrogens with zero attached hydrogens (tertiary/aromatic N) is 2. The normalized spacial score (nSPS) is 11.2. The van der Waals surface area contributed by atoms with Crippen LogP contribution < -0.4 is 0 Å². The van der Waals surface area contributed by atoms with Crippen LogP contribution in [0.25, 0.3) is 27.5 Å². The van der Waals surface area contributed by atoms with Crippen LogP contribution in [0.1, 0.15) is 34.8 Å². The standard InChI is InChI=1S/C22H19FN2OS/c1-3-14-5-7-16(8-6-14)21-19(4-2)27-22-24-20(18(13-26)25(21)22)15-9-11-17(23)12-10-15/h5-13H,3-4H2,1-2H3. The van der Waals surface area contributed by atoms with E-state index in [0.29, 0.717) is 11.4 Å². The molecule has 0 aliphatic carbocycles. The number of thiazole rings is 1. The average molecular weight is 378 g/mol. The van der Waals surface area contributed by atoms with Crippen LogP contribution in [0.5, 0.6) is 0 Å². The monoisotopic (exact) mass is 378 g/mol. The lowest BCUT2D eigenvalue weighted by Crippen LogP contribution is -1.96. The molecule has 0 radical (unpaired) electrons. The van der Waals surface area contributed by atoms with Crippen molar-refractivity contribution in [3.05, 3.63) is 70.5 Å². The van der Waals surface area contributed by atoms with E-state index in [2.05, 4.69) is 38.1 Å². The number of hydrogen-bond donors (Lipinski definition) is 0. The van der Waals surface area contributed by atoms with Gasteiger partial charge in [0.1, 0.15) is 17.2 Å². The molecule has 0 bridgehead atoms. The predicted octanol–water partition coefficient (Wildman–Crippen LogP) is 5.81. The first-order valence-corrected chi connectivity index (χ1v) is 9.82. The van der Waals surface area contributed by atoms with Crippen LogP contribution in [0.2, 0.25) is 0 Å². The second-order valence-electron chi connectivity index (χ2n) is 6.37. The molecule has 0 unspecified atom stereocenters. The fourth-order valence-corrected chi connectivity index (χ4v) is 4.42. The van der Waals surface area contributed by atoms with Crippen LogP contribution in [-0.4, -0.2) is 15.7 Å². The van der Waals surface area contributed by atoms with E-state index in [1.165, 1.54) is 22.6 Å². The third-order valence-electron chi connectivity index (χ3n) is 4.77. The van der Waals surface area contributed by atoms with Crippen molar-refractivity contribution >= 4 is 22.6 Å². The summed E-state index contributed by atoms with van der Waals surface area (Å²) in [6, 6.07) is 14.5. The number of rotatable bonds is 5. The maximum absolute atomic E-state index is 13.3. The number of carbonyl (C=O) groups excluding carboxylic acids is 1. The zero-order valence-electron chi connectivity index (χ0n) is 15.2. The minimum absolute atomic E-state index is 0.308. The van der Waals surface area contributed by atoms with Gasteiger partial charge in [0, 0.05) is 10.4 Å². The van der Waals surface area contributed by atoms with E-state index in [4.69, 9.17) is 4.98 Å². The van der Waals surface area contributed by atoms with Gasteiger partial charge in [-0.05, 0) is 48.2 Å².